The molecule has 4 nitrogen and oxygen atoms in total. The van der Waals surface area contributed by atoms with Gasteiger partial charge in [-0.1, -0.05) is 12.8 Å². The Morgan fingerprint density at radius 1 is 1.29 bits per heavy atom. The number of carbonyl (C=O) groups is 1. The average molecular weight is 202 g/mol. The number of likely N-dealkylation sites (N-methyl/N-ethyl adjacent to an activating group) is 1. The molecule has 0 bridgehead atoms. The average Bonchev–Trinajstić information content (AvgIpc) is 2.17. The summed E-state index contributed by atoms with van der Waals surface area (Å²) in [6.45, 7) is 1.20. The number of hydrogen-bond acceptors (Lipinski definition) is 3. The normalized spacial score (nSPS) is 10.2. The smallest absolute Gasteiger partial charge is 0.222 e. The van der Waals surface area contributed by atoms with E-state index in [4.69, 9.17) is 10.8 Å². The van der Waals surface area contributed by atoms with Gasteiger partial charge in [-0.05, 0) is 19.4 Å². The second kappa shape index (κ2) is 8.97. The zero-order chi connectivity index (χ0) is 10.8. The van der Waals surface area contributed by atoms with Crippen LogP contribution in [0.15, 0.2) is 0 Å². The fraction of sp³-hybridized carbons (Fsp3) is 0.900. The molecular formula is C10H22N2O2. The summed E-state index contributed by atoms with van der Waals surface area (Å²) in [6, 6.07) is 0. The van der Waals surface area contributed by atoms with Gasteiger partial charge in [-0.2, -0.15) is 0 Å². The van der Waals surface area contributed by atoms with Gasteiger partial charge in [-0.3, -0.25) is 4.79 Å². The molecule has 1 amide bonds. The highest BCUT2D eigenvalue weighted by atomic mass is 16.3. The zero-order valence-electron chi connectivity index (χ0n) is 9.04. The summed E-state index contributed by atoms with van der Waals surface area (Å²) in [7, 11) is 1.72. The van der Waals surface area contributed by atoms with E-state index in [2.05, 4.69) is 0 Å². The van der Waals surface area contributed by atoms with Crippen molar-refractivity contribution in [1.82, 2.24) is 4.90 Å². The lowest BCUT2D eigenvalue weighted by Gasteiger charge is -2.15. The van der Waals surface area contributed by atoms with E-state index < -0.39 is 0 Å². The molecule has 0 unspecified atom stereocenters. The zero-order valence-corrected chi connectivity index (χ0v) is 9.04. The van der Waals surface area contributed by atoms with E-state index in [-0.39, 0.29) is 12.5 Å². The maximum Gasteiger partial charge on any atom is 0.222 e. The van der Waals surface area contributed by atoms with Crippen LogP contribution in [0.1, 0.15) is 32.1 Å². The highest BCUT2D eigenvalue weighted by Gasteiger charge is 2.06. The minimum Gasteiger partial charge on any atom is -0.395 e. The van der Waals surface area contributed by atoms with Gasteiger partial charge >= 0.3 is 0 Å². The van der Waals surface area contributed by atoms with E-state index in [9.17, 15) is 4.79 Å². The monoisotopic (exact) mass is 202 g/mol. The second-order valence-corrected chi connectivity index (χ2v) is 3.49. The van der Waals surface area contributed by atoms with Crippen molar-refractivity contribution in [3.8, 4) is 0 Å². The molecule has 0 saturated heterocycles. The third-order valence-corrected chi connectivity index (χ3v) is 2.21. The highest BCUT2D eigenvalue weighted by Crippen LogP contribution is 2.03. The number of rotatable bonds is 8. The van der Waals surface area contributed by atoms with Crippen LogP contribution < -0.4 is 5.73 Å². The van der Waals surface area contributed by atoms with Crippen LogP contribution in [0.5, 0.6) is 0 Å². The standard InChI is InChI=1S/C10H22N2O2/c1-12(8-9-13)10(14)6-4-2-3-5-7-11/h13H,2-9,11H2,1H3. The molecule has 0 saturated carbocycles. The fourth-order valence-corrected chi connectivity index (χ4v) is 1.24. The van der Waals surface area contributed by atoms with E-state index in [0.717, 1.165) is 32.2 Å². The van der Waals surface area contributed by atoms with Crippen LogP contribution in [0.2, 0.25) is 0 Å². The molecule has 0 aromatic heterocycles. The van der Waals surface area contributed by atoms with Gasteiger partial charge in [0.15, 0.2) is 0 Å². The van der Waals surface area contributed by atoms with Gasteiger partial charge in [0, 0.05) is 20.0 Å². The minimum atomic E-state index is 0.0371. The van der Waals surface area contributed by atoms with Crippen LogP contribution in [0, 0.1) is 0 Å². The molecule has 0 atom stereocenters. The maximum atomic E-state index is 11.4. The van der Waals surface area contributed by atoms with Crippen molar-refractivity contribution < 1.29 is 9.90 Å². The van der Waals surface area contributed by atoms with Crippen LogP contribution >= 0.6 is 0 Å². The topological polar surface area (TPSA) is 66.6 Å². The molecule has 0 heterocycles. The minimum absolute atomic E-state index is 0.0371. The summed E-state index contributed by atoms with van der Waals surface area (Å²) in [4.78, 5) is 12.9. The third kappa shape index (κ3) is 6.86. The van der Waals surface area contributed by atoms with Crippen LogP contribution in [0.4, 0.5) is 0 Å². The number of unbranched alkanes of at least 4 members (excludes halogenated alkanes) is 3. The Morgan fingerprint density at radius 3 is 2.50 bits per heavy atom. The van der Waals surface area contributed by atoms with E-state index >= 15 is 0 Å². The molecule has 0 radical (unpaired) electrons. The van der Waals surface area contributed by atoms with Crippen LogP contribution in [0.25, 0.3) is 0 Å². The Balaban J connectivity index is 3.34. The van der Waals surface area contributed by atoms with Crippen molar-refractivity contribution in [1.29, 1.82) is 0 Å². The number of hydrogen-bond donors (Lipinski definition) is 2. The summed E-state index contributed by atoms with van der Waals surface area (Å²) in [5.41, 5.74) is 5.36. The Labute approximate surface area is 86.1 Å². The van der Waals surface area contributed by atoms with Crippen molar-refractivity contribution >= 4 is 5.91 Å². The van der Waals surface area contributed by atoms with Crippen LogP contribution in [-0.4, -0.2) is 42.7 Å². The van der Waals surface area contributed by atoms with E-state index in [1.165, 1.54) is 0 Å². The quantitative estimate of drug-likeness (QED) is 0.558. The maximum absolute atomic E-state index is 11.4. The van der Waals surface area contributed by atoms with E-state index in [1.807, 2.05) is 0 Å². The molecule has 0 aliphatic carbocycles. The predicted molar refractivity (Wildman–Crippen MR) is 56.9 cm³/mol. The molecule has 0 rings (SSSR count). The summed E-state index contributed by atoms with van der Waals surface area (Å²) in [5, 5.41) is 8.62. The first-order valence-corrected chi connectivity index (χ1v) is 5.27. The molecule has 0 spiro atoms. The van der Waals surface area contributed by atoms with Crippen molar-refractivity contribution in [2.75, 3.05) is 26.7 Å². The first kappa shape index (κ1) is 13.4. The Morgan fingerprint density at radius 2 is 1.93 bits per heavy atom. The van der Waals surface area contributed by atoms with Gasteiger partial charge in [0.05, 0.1) is 6.61 Å². The molecule has 14 heavy (non-hydrogen) atoms. The Kier molecular flexibility index (Phi) is 8.57. The third-order valence-electron chi connectivity index (χ3n) is 2.21. The lowest BCUT2D eigenvalue weighted by atomic mass is 10.1. The largest absolute Gasteiger partial charge is 0.395 e. The molecule has 0 aromatic rings. The van der Waals surface area contributed by atoms with Gasteiger partial charge in [-0.15, -0.1) is 0 Å². The second-order valence-electron chi connectivity index (χ2n) is 3.49. The van der Waals surface area contributed by atoms with Gasteiger partial charge in [0.25, 0.3) is 0 Å². The molecule has 84 valence electrons. The van der Waals surface area contributed by atoms with Crippen molar-refractivity contribution in [2.24, 2.45) is 5.73 Å². The summed E-state index contributed by atoms with van der Waals surface area (Å²) >= 11 is 0. The number of amides is 1. The number of carbonyl (C=O) groups excluding carboxylic acids is 1. The number of aliphatic hydroxyl groups is 1. The molecule has 0 aliphatic heterocycles. The Hall–Kier alpha value is -0.610. The van der Waals surface area contributed by atoms with Gasteiger partial charge < -0.3 is 15.7 Å². The molecule has 3 N–H and O–H groups in total. The number of nitrogens with two attached hydrogens (primary N) is 1. The van der Waals surface area contributed by atoms with Crippen LogP contribution in [0.3, 0.4) is 0 Å². The first-order chi connectivity index (χ1) is 6.72. The molecule has 0 aromatic carbocycles. The van der Waals surface area contributed by atoms with E-state index in [1.54, 1.807) is 11.9 Å². The lowest BCUT2D eigenvalue weighted by Crippen LogP contribution is -2.29. The molecular weight excluding hydrogens is 180 g/mol. The molecule has 0 aliphatic rings. The van der Waals surface area contributed by atoms with Crippen molar-refractivity contribution in [2.45, 2.75) is 32.1 Å². The first-order valence-electron chi connectivity index (χ1n) is 5.27. The summed E-state index contributed by atoms with van der Waals surface area (Å²) in [6.07, 6.45) is 4.72. The van der Waals surface area contributed by atoms with Crippen molar-refractivity contribution in [3.05, 3.63) is 0 Å². The van der Waals surface area contributed by atoms with E-state index in [0.29, 0.717) is 13.0 Å². The summed E-state index contributed by atoms with van der Waals surface area (Å²) in [5.74, 6) is 0.117. The summed E-state index contributed by atoms with van der Waals surface area (Å²) < 4.78 is 0. The van der Waals surface area contributed by atoms with Crippen molar-refractivity contribution in [3.63, 3.8) is 0 Å². The highest BCUT2D eigenvalue weighted by molar-refractivity contribution is 5.75. The Bertz CT molecular complexity index is 151. The van der Waals surface area contributed by atoms with Gasteiger partial charge in [0.1, 0.15) is 0 Å². The number of nitrogens with zero attached hydrogens (tertiary/aromatic N) is 1. The molecule has 0 fully saturated rings. The fourth-order valence-electron chi connectivity index (χ4n) is 1.24. The van der Waals surface area contributed by atoms with Gasteiger partial charge in [0.2, 0.25) is 5.91 Å². The SMILES string of the molecule is CN(CCO)C(=O)CCCCCCN. The lowest BCUT2D eigenvalue weighted by molar-refractivity contribution is -0.130. The predicted octanol–water partition coefficient (Wildman–Crippen LogP) is 0.346. The molecule has 4 heteroatoms. The number of aliphatic hydroxyl groups excluding tert-OH is 1. The van der Waals surface area contributed by atoms with Gasteiger partial charge in [-0.25, -0.2) is 0 Å². The van der Waals surface area contributed by atoms with Crippen LogP contribution in [-0.2, 0) is 4.79 Å².